The van der Waals surface area contributed by atoms with Crippen molar-refractivity contribution in [2.24, 2.45) is 0 Å². The molecule has 0 radical (unpaired) electrons. The highest BCUT2D eigenvalue weighted by molar-refractivity contribution is 5.19. The van der Waals surface area contributed by atoms with E-state index in [0.717, 1.165) is 6.42 Å². The summed E-state index contributed by atoms with van der Waals surface area (Å²) in [4.78, 5) is 0. The van der Waals surface area contributed by atoms with Crippen LogP contribution in [0.5, 0.6) is 0 Å². The molecule has 0 saturated carbocycles. The van der Waals surface area contributed by atoms with Gasteiger partial charge in [0.2, 0.25) is 0 Å². The van der Waals surface area contributed by atoms with Gasteiger partial charge in [0.15, 0.2) is 0 Å². The highest BCUT2D eigenvalue weighted by atomic mass is 14.0. The van der Waals surface area contributed by atoms with Crippen LogP contribution in [-0.2, 0) is 0 Å². The van der Waals surface area contributed by atoms with Gasteiger partial charge in [-0.3, -0.25) is 0 Å². The summed E-state index contributed by atoms with van der Waals surface area (Å²) in [6.07, 6.45) is 6.04. The summed E-state index contributed by atoms with van der Waals surface area (Å²) < 4.78 is 0. The molecule has 0 N–H and O–H groups in total. The normalized spacial score (nSPS) is 9.86. The third-order valence-corrected chi connectivity index (χ3v) is 1.79. The van der Waals surface area contributed by atoms with Gasteiger partial charge in [0.05, 0.1) is 0 Å². The number of hydrogen-bond acceptors (Lipinski definition) is 0. The molecule has 78 valence electrons. The molecule has 1 atom stereocenters. The van der Waals surface area contributed by atoms with Crippen molar-refractivity contribution in [1.29, 1.82) is 0 Å². The Bertz CT molecular complexity index is 240. The third kappa shape index (κ3) is 5.43. The molecule has 1 aromatic carbocycles. The van der Waals surface area contributed by atoms with Crippen LogP contribution < -0.4 is 0 Å². The molecule has 1 aromatic rings. The molecule has 14 heavy (non-hydrogen) atoms. The van der Waals surface area contributed by atoms with Gasteiger partial charge in [0.25, 0.3) is 0 Å². The van der Waals surface area contributed by atoms with E-state index in [9.17, 15) is 0 Å². The molecule has 0 nitrogen and oxygen atoms in total. The molecular formula is C14H22. The van der Waals surface area contributed by atoms with Crippen LogP contribution in [-0.4, -0.2) is 0 Å². The first-order chi connectivity index (χ1) is 6.34. The van der Waals surface area contributed by atoms with Crippen LogP contribution in [0.15, 0.2) is 30.3 Å². The van der Waals surface area contributed by atoms with E-state index in [1.165, 1.54) is 5.56 Å². The maximum Gasteiger partial charge on any atom is 0.0152 e. The Balaban J connectivity index is 0. The van der Waals surface area contributed by atoms with Crippen molar-refractivity contribution in [2.75, 3.05) is 0 Å². The minimum atomic E-state index is 0. The van der Waals surface area contributed by atoms with Crippen molar-refractivity contribution in [2.45, 2.75) is 40.5 Å². The lowest BCUT2D eigenvalue weighted by atomic mass is 9.99. The fraction of sp³-hybridized carbons (Fsp3) is 0.429. The van der Waals surface area contributed by atoms with Crippen LogP contribution in [0.4, 0.5) is 0 Å². The van der Waals surface area contributed by atoms with Gasteiger partial charge in [0.1, 0.15) is 0 Å². The third-order valence-electron chi connectivity index (χ3n) is 1.79. The molecule has 0 aromatic heterocycles. The van der Waals surface area contributed by atoms with Crippen LogP contribution in [0, 0.1) is 12.3 Å². The quantitative estimate of drug-likeness (QED) is 0.603. The highest BCUT2D eigenvalue weighted by Crippen LogP contribution is 2.16. The molecule has 1 rings (SSSR count). The van der Waals surface area contributed by atoms with Gasteiger partial charge < -0.3 is 0 Å². The van der Waals surface area contributed by atoms with E-state index in [4.69, 9.17) is 6.42 Å². The molecule has 0 heterocycles. The van der Waals surface area contributed by atoms with Crippen LogP contribution in [0.3, 0.4) is 0 Å². The fourth-order valence-electron chi connectivity index (χ4n) is 1.08. The Hall–Kier alpha value is -1.22. The average Bonchev–Trinajstić information content (AvgIpc) is 2.23. The van der Waals surface area contributed by atoms with Crippen molar-refractivity contribution in [3.05, 3.63) is 35.9 Å². The highest BCUT2D eigenvalue weighted by Gasteiger charge is 2.00. The number of hydrogen-bond donors (Lipinski definition) is 0. The standard InChI is InChI=1S/C11H12.C2H6.CH4/c1-3-7-10(2)11-8-5-4-6-9-11;1-2;/h1,4-6,8-10H,7H2,2H3;1-2H3;1H4. The molecule has 0 bridgehead atoms. The summed E-state index contributed by atoms with van der Waals surface area (Å²) >= 11 is 0. The Morgan fingerprint density at radius 2 is 1.71 bits per heavy atom. The lowest BCUT2D eigenvalue weighted by Crippen LogP contribution is -1.90. The van der Waals surface area contributed by atoms with Crippen LogP contribution in [0.1, 0.15) is 46.1 Å². The summed E-state index contributed by atoms with van der Waals surface area (Å²) in [5, 5.41) is 0. The summed E-state index contributed by atoms with van der Waals surface area (Å²) in [6, 6.07) is 10.3. The van der Waals surface area contributed by atoms with Crippen molar-refractivity contribution in [3.8, 4) is 12.3 Å². The van der Waals surface area contributed by atoms with Gasteiger partial charge in [-0.1, -0.05) is 58.5 Å². The summed E-state index contributed by atoms with van der Waals surface area (Å²) in [6.45, 7) is 6.15. The van der Waals surface area contributed by atoms with Crippen LogP contribution in [0.2, 0.25) is 0 Å². The molecule has 0 aliphatic heterocycles. The molecule has 0 aliphatic rings. The first-order valence-electron chi connectivity index (χ1n) is 4.83. The smallest absolute Gasteiger partial charge is 0.0152 e. The Morgan fingerprint density at radius 3 is 2.14 bits per heavy atom. The second kappa shape index (κ2) is 9.86. The molecule has 0 aliphatic carbocycles. The molecule has 0 fully saturated rings. The molecular weight excluding hydrogens is 168 g/mol. The number of terminal acetylenes is 1. The Morgan fingerprint density at radius 1 is 1.21 bits per heavy atom. The van der Waals surface area contributed by atoms with Gasteiger partial charge in [-0.05, 0) is 11.5 Å². The zero-order valence-corrected chi connectivity index (χ0v) is 8.75. The fourth-order valence-corrected chi connectivity index (χ4v) is 1.08. The van der Waals surface area contributed by atoms with E-state index in [1.807, 2.05) is 32.0 Å². The number of benzene rings is 1. The van der Waals surface area contributed by atoms with E-state index >= 15 is 0 Å². The zero-order valence-electron chi connectivity index (χ0n) is 8.75. The Labute approximate surface area is 89.4 Å². The zero-order chi connectivity index (χ0) is 10.1. The summed E-state index contributed by atoms with van der Waals surface area (Å²) in [5.41, 5.74) is 1.32. The van der Waals surface area contributed by atoms with Gasteiger partial charge in [-0.25, -0.2) is 0 Å². The van der Waals surface area contributed by atoms with Gasteiger partial charge in [-0.15, -0.1) is 12.3 Å². The van der Waals surface area contributed by atoms with Crippen molar-refractivity contribution >= 4 is 0 Å². The lowest BCUT2D eigenvalue weighted by Gasteiger charge is -2.06. The molecule has 0 amide bonds. The first kappa shape index (κ1) is 15.3. The average molecular weight is 190 g/mol. The minimum absolute atomic E-state index is 0. The summed E-state index contributed by atoms with van der Waals surface area (Å²) in [7, 11) is 0. The van der Waals surface area contributed by atoms with Gasteiger partial charge in [0, 0.05) is 6.42 Å². The van der Waals surface area contributed by atoms with E-state index in [0.29, 0.717) is 5.92 Å². The minimum Gasteiger partial charge on any atom is -0.120 e. The lowest BCUT2D eigenvalue weighted by molar-refractivity contribution is 0.796. The van der Waals surface area contributed by atoms with Crippen molar-refractivity contribution in [3.63, 3.8) is 0 Å². The largest absolute Gasteiger partial charge is 0.120 e. The molecule has 0 saturated heterocycles. The SMILES string of the molecule is C.C#CCC(C)c1ccccc1.CC. The maximum atomic E-state index is 5.22. The van der Waals surface area contributed by atoms with Crippen LogP contribution in [0.25, 0.3) is 0 Å². The first-order valence-corrected chi connectivity index (χ1v) is 4.83. The van der Waals surface area contributed by atoms with E-state index < -0.39 is 0 Å². The van der Waals surface area contributed by atoms with E-state index in [-0.39, 0.29) is 7.43 Å². The Kier molecular flexibility index (Phi) is 10.8. The molecule has 0 spiro atoms. The number of rotatable bonds is 2. The van der Waals surface area contributed by atoms with Gasteiger partial charge in [-0.2, -0.15) is 0 Å². The summed E-state index contributed by atoms with van der Waals surface area (Å²) in [5.74, 6) is 3.15. The maximum absolute atomic E-state index is 5.22. The molecule has 1 unspecified atom stereocenters. The van der Waals surface area contributed by atoms with Crippen LogP contribution >= 0.6 is 0 Å². The second-order valence-electron chi connectivity index (χ2n) is 2.72. The monoisotopic (exact) mass is 190 g/mol. The van der Waals surface area contributed by atoms with E-state index in [1.54, 1.807) is 0 Å². The predicted octanol–water partition coefficient (Wildman–Crippen LogP) is 4.48. The molecule has 0 heteroatoms. The topological polar surface area (TPSA) is 0 Å². The predicted molar refractivity (Wildman–Crippen MR) is 66.4 cm³/mol. The van der Waals surface area contributed by atoms with Gasteiger partial charge >= 0.3 is 0 Å². The van der Waals surface area contributed by atoms with Crippen molar-refractivity contribution < 1.29 is 0 Å². The second-order valence-corrected chi connectivity index (χ2v) is 2.72. The van der Waals surface area contributed by atoms with E-state index in [2.05, 4.69) is 25.0 Å². The van der Waals surface area contributed by atoms with Crippen molar-refractivity contribution in [1.82, 2.24) is 0 Å².